The molecule has 0 saturated carbocycles. The number of alkyl halides is 1. The zero-order valence-corrected chi connectivity index (χ0v) is 18.6. The Bertz CT molecular complexity index is 629. The van der Waals surface area contributed by atoms with Gasteiger partial charge in [-0.3, -0.25) is 0 Å². The molecule has 8 nitrogen and oxygen atoms in total. The lowest BCUT2D eigenvalue weighted by Gasteiger charge is -2.22. The second-order valence-corrected chi connectivity index (χ2v) is 6.24. The first-order chi connectivity index (χ1) is 13.8. The number of rotatable bonds is 5. The minimum atomic E-state index is -0.460. The Kier molecular flexibility index (Phi) is 13.3. The van der Waals surface area contributed by atoms with E-state index in [2.05, 4.69) is 4.74 Å². The number of carbonyl (C=O) groups is 3. The van der Waals surface area contributed by atoms with E-state index in [0.29, 0.717) is 18.0 Å². The smallest absolute Gasteiger partial charge is 0.410 e. The molecular weight excluding hydrogens is 400 g/mol. The molecule has 1 fully saturated rings. The highest BCUT2D eigenvalue weighted by Crippen LogP contribution is 2.09. The summed E-state index contributed by atoms with van der Waals surface area (Å²) in [4.78, 5) is 36.4. The van der Waals surface area contributed by atoms with E-state index in [0.717, 1.165) is 0 Å². The normalized spacial score (nSPS) is 15.6. The number of cyclic esters (lactones) is 1. The molecule has 9 heteroatoms. The molecule has 1 heterocycles. The van der Waals surface area contributed by atoms with Crippen molar-refractivity contribution in [1.29, 1.82) is 0 Å². The molecule has 0 aliphatic carbocycles. The molecule has 29 heavy (non-hydrogen) atoms. The Morgan fingerprint density at radius 1 is 1.31 bits per heavy atom. The minimum Gasteiger partial charge on any atom is -0.460 e. The Labute approximate surface area is 177 Å². The van der Waals surface area contributed by atoms with Gasteiger partial charge in [-0.25, -0.2) is 14.4 Å². The number of hydrogen-bond donors (Lipinski definition) is 0. The molecule has 0 aromatic heterocycles. The zero-order chi connectivity index (χ0) is 22.4. The summed E-state index contributed by atoms with van der Waals surface area (Å²) < 4.78 is 14.5. The van der Waals surface area contributed by atoms with Gasteiger partial charge in [-0.15, -0.1) is 11.6 Å². The van der Waals surface area contributed by atoms with Crippen LogP contribution in [0.2, 0.25) is 0 Å². The Morgan fingerprint density at radius 2 is 1.90 bits per heavy atom. The molecule has 1 unspecified atom stereocenters. The molecule has 1 aliphatic heterocycles. The van der Waals surface area contributed by atoms with Gasteiger partial charge < -0.3 is 24.0 Å². The fourth-order valence-electron chi connectivity index (χ4n) is 2.02. The Hall–Kier alpha value is -2.48. The number of carbonyl (C=O) groups excluding carboxylic acids is 3. The van der Waals surface area contributed by atoms with Crippen molar-refractivity contribution in [2.75, 3.05) is 40.2 Å². The van der Waals surface area contributed by atoms with E-state index in [1.165, 1.54) is 16.9 Å². The predicted octanol–water partition coefficient (Wildman–Crippen LogP) is 3.63. The minimum absolute atomic E-state index is 0.107. The Balaban J connectivity index is 0.000000595. The molecular formula is C20H31ClN2O6. The van der Waals surface area contributed by atoms with Gasteiger partial charge in [0.05, 0.1) is 31.1 Å². The van der Waals surface area contributed by atoms with Crippen molar-refractivity contribution in [3.05, 3.63) is 35.9 Å². The lowest BCUT2D eigenvalue weighted by molar-refractivity contribution is 0.0383. The molecule has 2 atom stereocenters. The predicted molar refractivity (Wildman–Crippen MR) is 111 cm³/mol. The van der Waals surface area contributed by atoms with Gasteiger partial charge in [-0.05, 0) is 19.1 Å². The maximum Gasteiger partial charge on any atom is 0.410 e. The van der Waals surface area contributed by atoms with Gasteiger partial charge in [-0.1, -0.05) is 32.0 Å². The van der Waals surface area contributed by atoms with E-state index in [9.17, 15) is 14.4 Å². The maximum absolute atomic E-state index is 11.7. The molecule has 0 N–H and O–H groups in total. The molecule has 1 saturated heterocycles. The molecule has 1 aromatic rings. The van der Waals surface area contributed by atoms with Gasteiger partial charge in [0, 0.05) is 14.1 Å². The lowest BCUT2D eigenvalue weighted by Crippen LogP contribution is -2.38. The second-order valence-electron chi connectivity index (χ2n) is 5.94. The fourth-order valence-corrected chi connectivity index (χ4v) is 2.18. The van der Waals surface area contributed by atoms with Crippen LogP contribution in [0.4, 0.5) is 9.59 Å². The molecule has 164 valence electrons. The van der Waals surface area contributed by atoms with Crippen LogP contribution in [-0.2, 0) is 14.2 Å². The standard InChI is InChI=1S/C13H17NO4.C5H8ClNO2.C2H6/c1-10(14(2)13(16)17-3)9-18-12(15)11-7-5-4-6-8-11;1-7-3-4(2-6)9-5(7)8;1-2/h4-8,10H,9H2,1-3H3;4H,2-3H2,1H3;1-2H3/t10-;;/m0../s1. The number of amides is 2. The molecule has 2 rings (SSSR count). The first kappa shape index (κ1) is 26.5. The first-order valence-corrected chi connectivity index (χ1v) is 9.84. The third-order valence-electron chi connectivity index (χ3n) is 3.82. The van der Waals surface area contributed by atoms with Crippen LogP contribution in [0.25, 0.3) is 0 Å². The highest BCUT2D eigenvalue weighted by atomic mass is 35.5. The van der Waals surface area contributed by atoms with Crippen LogP contribution < -0.4 is 0 Å². The van der Waals surface area contributed by atoms with Crippen molar-refractivity contribution in [2.45, 2.75) is 32.9 Å². The number of likely N-dealkylation sites (N-methyl/N-ethyl adjacent to an activating group) is 2. The molecule has 0 spiro atoms. The van der Waals surface area contributed by atoms with Crippen LogP contribution in [0.3, 0.4) is 0 Å². The van der Waals surface area contributed by atoms with Crippen LogP contribution in [0, 0.1) is 0 Å². The summed E-state index contributed by atoms with van der Waals surface area (Å²) >= 11 is 5.43. The maximum atomic E-state index is 11.7. The van der Waals surface area contributed by atoms with Crippen molar-refractivity contribution < 1.29 is 28.6 Å². The average Bonchev–Trinajstić information content (AvgIpc) is 3.10. The number of esters is 1. The van der Waals surface area contributed by atoms with E-state index < -0.39 is 12.1 Å². The van der Waals surface area contributed by atoms with E-state index in [1.807, 2.05) is 19.9 Å². The van der Waals surface area contributed by atoms with Gasteiger partial charge in [-0.2, -0.15) is 0 Å². The summed E-state index contributed by atoms with van der Waals surface area (Å²) in [5, 5.41) is 0. The van der Waals surface area contributed by atoms with Gasteiger partial charge in [0.15, 0.2) is 0 Å². The van der Waals surface area contributed by atoms with Crippen LogP contribution >= 0.6 is 11.6 Å². The number of benzene rings is 1. The molecule has 1 aromatic carbocycles. The Morgan fingerprint density at radius 3 is 2.31 bits per heavy atom. The van der Waals surface area contributed by atoms with Crippen molar-refractivity contribution in [2.24, 2.45) is 0 Å². The average molecular weight is 431 g/mol. The van der Waals surface area contributed by atoms with Crippen molar-refractivity contribution in [1.82, 2.24) is 9.80 Å². The molecule has 0 radical (unpaired) electrons. The van der Waals surface area contributed by atoms with E-state index >= 15 is 0 Å². The van der Waals surface area contributed by atoms with Crippen molar-refractivity contribution in [3.63, 3.8) is 0 Å². The van der Waals surface area contributed by atoms with Crippen LogP contribution in [0.5, 0.6) is 0 Å². The van der Waals surface area contributed by atoms with Crippen molar-refractivity contribution in [3.8, 4) is 0 Å². The summed E-state index contributed by atoms with van der Waals surface area (Å²) in [6.45, 7) is 6.51. The van der Waals surface area contributed by atoms with Crippen LogP contribution in [0.15, 0.2) is 30.3 Å². The SMILES string of the molecule is CC.CN1CC(CCl)OC1=O.COC(=O)N(C)[C@@H](C)COC(=O)c1ccccc1. The number of hydrogen-bond acceptors (Lipinski definition) is 6. The monoisotopic (exact) mass is 430 g/mol. The third kappa shape index (κ3) is 9.51. The number of nitrogens with zero attached hydrogens (tertiary/aromatic N) is 2. The van der Waals surface area contributed by atoms with Gasteiger partial charge in [0.25, 0.3) is 0 Å². The molecule has 1 aliphatic rings. The number of halogens is 1. The summed E-state index contributed by atoms with van der Waals surface area (Å²) in [5.41, 5.74) is 0.491. The number of methoxy groups -OCH3 is 1. The largest absolute Gasteiger partial charge is 0.460 e. The number of ether oxygens (including phenoxy) is 3. The highest BCUT2D eigenvalue weighted by molar-refractivity contribution is 6.18. The van der Waals surface area contributed by atoms with Gasteiger partial charge in [0.1, 0.15) is 12.7 Å². The second kappa shape index (κ2) is 14.5. The highest BCUT2D eigenvalue weighted by Gasteiger charge is 2.26. The summed E-state index contributed by atoms with van der Waals surface area (Å²) in [5.74, 6) is -0.0171. The molecule has 0 bridgehead atoms. The third-order valence-corrected chi connectivity index (χ3v) is 4.16. The van der Waals surface area contributed by atoms with Gasteiger partial charge >= 0.3 is 18.2 Å². The van der Waals surface area contributed by atoms with Crippen LogP contribution in [-0.4, -0.2) is 80.3 Å². The topological polar surface area (TPSA) is 85.4 Å². The van der Waals surface area contributed by atoms with Crippen LogP contribution in [0.1, 0.15) is 31.1 Å². The lowest BCUT2D eigenvalue weighted by atomic mass is 10.2. The van der Waals surface area contributed by atoms with Crippen molar-refractivity contribution >= 4 is 29.8 Å². The summed E-state index contributed by atoms with van der Waals surface area (Å²) in [7, 11) is 4.59. The first-order valence-electron chi connectivity index (χ1n) is 9.30. The summed E-state index contributed by atoms with van der Waals surface area (Å²) in [6, 6.07) is 8.46. The van der Waals surface area contributed by atoms with E-state index in [-0.39, 0.29) is 24.8 Å². The van der Waals surface area contributed by atoms with E-state index in [1.54, 1.807) is 45.3 Å². The quantitative estimate of drug-likeness (QED) is 0.403. The van der Waals surface area contributed by atoms with Gasteiger partial charge in [0.2, 0.25) is 0 Å². The summed E-state index contributed by atoms with van der Waals surface area (Å²) in [6.07, 6.45) is -0.844. The van der Waals surface area contributed by atoms with E-state index in [4.69, 9.17) is 21.1 Å². The fraction of sp³-hybridized carbons (Fsp3) is 0.550. The zero-order valence-electron chi connectivity index (χ0n) is 17.9. The molecule has 2 amide bonds.